The average molecular weight is 311 g/mol. The molecule has 20 heavy (non-hydrogen) atoms. The molecule has 0 aliphatic rings. The van der Waals surface area contributed by atoms with Crippen molar-refractivity contribution in [3.05, 3.63) is 52.5 Å². The lowest BCUT2D eigenvalue weighted by Crippen LogP contribution is -2.15. The van der Waals surface area contributed by atoms with Crippen molar-refractivity contribution in [3.63, 3.8) is 0 Å². The largest absolute Gasteiger partial charge is 0.398 e. The van der Waals surface area contributed by atoms with Crippen molar-refractivity contribution in [1.82, 2.24) is 0 Å². The highest BCUT2D eigenvalue weighted by atomic mass is 35.5. The Hall–Kier alpha value is -1.72. The van der Waals surface area contributed by atoms with Gasteiger partial charge in [0.25, 0.3) is 10.0 Å². The third-order valence-corrected chi connectivity index (χ3v) is 4.80. The van der Waals surface area contributed by atoms with Crippen LogP contribution in [0.5, 0.6) is 0 Å². The average Bonchev–Trinajstić information content (AvgIpc) is 2.37. The minimum absolute atomic E-state index is 0.159. The fourth-order valence-corrected chi connectivity index (χ4v) is 3.46. The Bertz CT molecular complexity index is 758. The summed E-state index contributed by atoms with van der Waals surface area (Å²) < 4.78 is 27.4. The number of hydrogen-bond donors (Lipinski definition) is 2. The maximum atomic E-state index is 12.4. The zero-order valence-corrected chi connectivity index (χ0v) is 12.7. The monoisotopic (exact) mass is 310 g/mol. The Labute approximate surface area is 123 Å². The predicted octanol–water partition coefficient (Wildman–Crippen LogP) is 3.34. The van der Waals surface area contributed by atoms with E-state index in [4.69, 9.17) is 17.3 Å². The van der Waals surface area contributed by atoms with Gasteiger partial charge in [0.15, 0.2) is 0 Å². The van der Waals surface area contributed by atoms with Crippen molar-refractivity contribution >= 4 is 33.0 Å². The van der Waals surface area contributed by atoms with Crippen LogP contribution in [-0.2, 0) is 10.0 Å². The summed E-state index contributed by atoms with van der Waals surface area (Å²) in [5, 5.41) is 0.375. The van der Waals surface area contributed by atoms with Crippen molar-refractivity contribution in [1.29, 1.82) is 0 Å². The van der Waals surface area contributed by atoms with Gasteiger partial charge in [-0.2, -0.15) is 0 Å². The Morgan fingerprint density at radius 2 is 1.85 bits per heavy atom. The quantitative estimate of drug-likeness (QED) is 0.854. The summed E-state index contributed by atoms with van der Waals surface area (Å²) in [6.07, 6.45) is 0. The van der Waals surface area contributed by atoms with E-state index in [-0.39, 0.29) is 4.90 Å². The van der Waals surface area contributed by atoms with Gasteiger partial charge in [0, 0.05) is 10.7 Å². The molecule has 2 aromatic carbocycles. The number of nitrogens with one attached hydrogen (secondary N) is 1. The normalized spacial score (nSPS) is 11.3. The summed E-state index contributed by atoms with van der Waals surface area (Å²) in [7, 11) is -3.70. The van der Waals surface area contributed by atoms with E-state index in [2.05, 4.69) is 4.72 Å². The SMILES string of the molecule is Cc1ccc(Cl)cc1S(=O)(=O)Nc1cccc(N)c1C. The molecule has 0 bridgehead atoms. The molecule has 3 N–H and O–H groups in total. The molecule has 0 fully saturated rings. The topological polar surface area (TPSA) is 72.2 Å². The number of rotatable bonds is 3. The highest BCUT2D eigenvalue weighted by Crippen LogP contribution is 2.26. The molecule has 2 aromatic rings. The second-order valence-electron chi connectivity index (χ2n) is 4.54. The van der Waals surface area contributed by atoms with Crippen LogP contribution in [0, 0.1) is 13.8 Å². The van der Waals surface area contributed by atoms with Crippen LogP contribution >= 0.6 is 11.6 Å². The number of halogens is 1. The Morgan fingerprint density at radius 1 is 1.15 bits per heavy atom. The van der Waals surface area contributed by atoms with Gasteiger partial charge in [-0.05, 0) is 49.2 Å². The smallest absolute Gasteiger partial charge is 0.262 e. The number of nitrogen functional groups attached to an aromatic ring is 1. The summed E-state index contributed by atoms with van der Waals surface area (Å²) >= 11 is 5.87. The van der Waals surface area contributed by atoms with Gasteiger partial charge in [0.1, 0.15) is 0 Å². The van der Waals surface area contributed by atoms with E-state index in [0.29, 0.717) is 27.5 Å². The molecule has 0 atom stereocenters. The first-order valence-corrected chi connectivity index (χ1v) is 7.81. The third-order valence-electron chi connectivity index (χ3n) is 3.06. The van der Waals surface area contributed by atoms with Crippen LogP contribution in [0.4, 0.5) is 11.4 Å². The first-order valence-electron chi connectivity index (χ1n) is 5.95. The van der Waals surface area contributed by atoms with Crippen LogP contribution in [0.3, 0.4) is 0 Å². The maximum absolute atomic E-state index is 12.4. The van der Waals surface area contributed by atoms with E-state index in [9.17, 15) is 8.42 Å². The van der Waals surface area contributed by atoms with Gasteiger partial charge in [-0.3, -0.25) is 4.72 Å². The first kappa shape index (κ1) is 14.7. The molecule has 0 aliphatic carbocycles. The Balaban J connectivity index is 2.46. The lowest BCUT2D eigenvalue weighted by Gasteiger charge is -2.13. The molecule has 0 amide bonds. The molecule has 0 unspecified atom stereocenters. The molecule has 2 rings (SSSR count). The van der Waals surface area contributed by atoms with Gasteiger partial charge >= 0.3 is 0 Å². The second-order valence-corrected chi connectivity index (χ2v) is 6.62. The number of sulfonamides is 1. The van der Waals surface area contributed by atoms with Crippen molar-refractivity contribution in [3.8, 4) is 0 Å². The summed E-state index contributed by atoms with van der Waals surface area (Å²) in [4.78, 5) is 0.159. The van der Waals surface area contributed by atoms with Crippen LogP contribution in [0.15, 0.2) is 41.3 Å². The third kappa shape index (κ3) is 2.89. The van der Waals surface area contributed by atoms with E-state index < -0.39 is 10.0 Å². The highest BCUT2D eigenvalue weighted by Gasteiger charge is 2.18. The van der Waals surface area contributed by atoms with E-state index in [1.165, 1.54) is 6.07 Å². The molecule has 106 valence electrons. The van der Waals surface area contributed by atoms with Gasteiger partial charge < -0.3 is 5.73 Å². The molecule has 0 spiro atoms. The number of benzene rings is 2. The van der Waals surface area contributed by atoms with Crippen molar-refractivity contribution in [2.24, 2.45) is 0 Å². The summed E-state index contributed by atoms with van der Waals surface area (Å²) in [5.41, 5.74) is 8.09. The number of nitrogens with two attached hydrogens (primary N) is 1. The fraction of sp³-hybridized carbons (Fsp3) is 0.143. The molecule has 0 heterocycles. The van der Waals surface area contributed by atoms with Crippen molar-refractivity contribution in [2.45, 2.75) is 18.7 Å². The number of anilines is 2. The van der Waals surface area contributed by atoms with E-state index in [0.717, 1.165) is 0 Å². The van der Waals surface area contributed by atoms with Crippen LogP contribution in [0.2, 0.25) is 5.02 Å². The number of hydrogen-bond acceptors (Lipinski definition) is 3. The van der Waals surface area contributed by atoms with Crippen LogP contribution in [-0.4, -0.2) is 8.42 Å². The standard InChI is InChI=1S/C14H15ClN2O2S/c1-9-6-7-11(15)8-14(9)20(18,19)17-13-5-3-4-12(16)10(13)2/h3-8,17H,16H2,1-2H3. The molecular weight excluding hydrogens is 296 g/mol. The van der Waals surface area contributed by atoms with Gasteiger partial charge in [-0.15, -0.1) is 0 Å². The maximum Gasteiger partial charge on any atom is 0.262 e. The molecule has 0 saturated heterocycles. The molecule has 4 nitrogen and oxygen atoms in total. The van der Waals surface area contributed by atoms with Gasteiger partial charge in [0.05, 0.1) is 10.6 Å². The van der Waals surface area contributed by atoms with Crippen molar-refractivity contribution < 1.29 is 8.42 Å². The zero-order chi connectivity index (χ0) is 14.9. The van der Waals surface area contributed by atoms with Gasteiger partial charge in [-0.1, -0.05) is 23.7 Å². The summed E-state index contributed by atoms with van der Waals surface area (Å²) in [6, 6.07) is 9.84. The summed E-state index contributed by atoms with van der Waals surface area (Å²) in [5.74, 6) is 0. The fourth-order valence-electron chi connectivity index (χ4n) is 1.83. The summed E-state index contributed by atoms with van der Waals surface area (Å²) in [6.45, 7) is 3.48. The molecule has 0 aromatic heterocycles. The second kappa shape index (κ2) is 5.34. The molecule has 0 aliphatic heterocycles. The Morgan fingerprint density at radius 3 is 2.55 bits per heavy atom. The van der Waals surface area contributed by atoms with Crippen LogP contribution in [0.25, 0.3) is 0 Å². The predicted molar refractivity (Wildman–Crippen MR) is 82.6 cm³/mol. The highest BCUT2D eigenvalue weighted by molar-refractivity contribution is 7.92. The van der Waals surface area contributed by atoms with E-state index in [1.807, 2.05) is 0 Å². The van der Waals surface area contributed by atoms with Crippen LogP contribution in [0.1, 0.15) is 11.1 Å². The lowest BCUT2D eigenvalue weighted by atomic mass is 10.2. The van der Waals surface area contributed by atoms with Gasteiger partial charge in [-0.25, -0.2) is 8.42 Å². The van der Waals surface area contributed by atoms with Gasteiger partial charge in [0.2, 0.25) is 0 Å². The Kier molecular flexibility index (Phi) is 3.92. The van der Waals surface area contributed by atoms with E-state index >= 15 is 0 Å². The molecule has 0 saturated carbocycles. The van der Waals surface area contributed by atoms with Crippen molar-refractivity contribution in [2.75, 3.05) is 10.5 Å². The van der Waals surface area contributed by atoms with Crippen LogP contribution < -0.4 is 10.5 Å². The minimum Gasteiger partial charge on any atom is -0.398 e. The zero-order valence-electron chi connectivity index (χ0n) is 11.1. The van der Waals surface area contributed by atoms with E-state index in [1.54, 1.807) is 44.2 Å². The number of aryl methyl sites for hydroxylation is 1. The first-order chi connectivity index (χ1) is 9.31. The molecule has 0 radical (unpaired) electrons. The molecular formula is C14H15ClN2O2S. The minimum atomic E-state index is -3.70. The lowest BCUT2D eigenvalue weighted by molar-refractivity contribution is 0.600. The molecule has 6 heteroatoms.